The van der Waals surface area contributed by atoms with Crippen molar-refractivity contribution in [3.05, 3.63) is 55.3 Å². The SMILES string of the molecule is C=CCCCCC[C@H](NC(=O)OC(C)(C)C)C(=O)N1C[C@H](Oc2cc(C(=O)OC)nc3cc(OC)ccc23)C[C@H]1C(=O)N[C@]1(C(=O)OC)CC1C=C. The first kappa shape index (κ1) is 39.6. The first-order valence-corrected chi connectivity index (χ1v) is 17.4. The lowest BCUT2D eigenvalue weighted by Gasteiger charge is -2.30. The van der Waals surface area contributed by atoms with Gasteiger partial charge in [-0.15, -0.1) is 13.2 Å². The molecule has 5 atom stereocenters. The minimum Gasteiger partial charge on any atom is -0.497 e. The molecule has 14 heteroatoms. The van der Waals surface area contributed by atoms with Crippen LogP contribution >= 0.6 is 0 Å². The molecular formula is C38H50N4O10. The number of esters is 2. The Morgan fingerprint density at radius 1 is 1.06 bits per heavy atom. The number of nitrogens with one attached hydrogen (secondary N) is 2. The Morgan fingerprint density at radius 2 is 1.81 bits per heavy atom. The number of alkyl carbamates (subject to hydrolysis) is 1. The van der Waals surface area contributed by atoms with E-state index in [0.29, 0.717) is 29.5 Å². The molecule has 1 aliphatic heterocycles. The number of ether oxygens (including phenoxy) is 5. The molecule has 1 saturated heterocycles. The van der Waals surface area contributed by atoms with Crippen LogP contribution in [-0.2, 0) is 28.6 Å². The summed E-state index contributed by atoms with van der Waals surface area (Å²) in [6.45, 7) is 12.6. The zero-order valence-corrected chi connectivity index (χ0v) is 30.8. The number of benzene rings is 1. The summed E-state index contributed by atoms with van der Waals surface area (Å²) in [5.41, 5.74) is -1.73. The summed E-state index contributed by atoms with van der Waals surface area (Å²) in [7, 11) is 3.99. The van der Waals surface area contributed by atoms with Crippen molar-refractivity contribution in [1.29, 1.82) is 0 Å². The van der Waals surface area contributed by atoms with E-state index in [1.54, 1.807) is 45.0 Å². The van der Waals surface area contributed by atoms with Crippen molar-refractivity contribution in [2.75, 3.05) is 27.9 Å². The van der Waals surface area contributed by atoms with E-state index >= 15 is 0 Å². The number of aromatic nitrogens is 1. The highest BCUT2D eigenvalue weighted by atomic mass is 16.6. The third-order valence-corrected chi connectivity index (χ3v) is 9.10. The summed E-state index contributed by atoms with van der Waals surface area (Å²) in [5.74, 6) is -1.97. The fourth-order valence-corrected chi connectivity index (χ4v) is 6.37. The molecule has 0 radical (unpaired) electrons. The van der Waals surface area contributed by atoms with Gasteiger partial charge in [0.1, 0.15) is 40.8 Å². The maximum Gasteiger partial charge on any atom is 0.408 e. The number of nitrogens with zero attached hydrogens (tertiary/aromatic N) is 2. The van der Waals surface area contributed by atoms with Gasteiger partial charge in [0, 0.05) is 29.9 Å². The second-order valence-electron chi connectivity index (χ2n) is 14.0. The Hall–Kier alpha value is -5.14. The number of methoxy groups -OCH3 is 3. The molecule has 2 fully saturated rings. The lowest BCUT2D eigenvalue weighted by atomic mass is 10.0. The van der Waals surface area contributed by atoms with Gasteiger partial charge in [0.15, 0.2) is 5.69 Å². The molecule has 0 bridgehead atoms. The van der Waals surface area contributed by atoms with Gasteiger partial charge >= 0.3 is 18.0 Å². The van der Waals surface area contributed by atoms with Gasteiger partial charge in [0.2, 0.25) is 11.8 Å². The van der Waals surface area contributed by atoms with Gasteiger partial charge in [0.05, 0.1) is 33.4 Å². The maximum absolute atomic E-state index is 14.4. The summed E-state index contributed by atoms with van der Waals surface area (Å²) < 4.78 is 27.2. The van der Waals surface area contributed by atoms with Crippen molar-refractivity contribution in [3.63, 3.8) is 0 Å². The standard InChI is InChI=1S/C38H50N4O10/c1-9-11-12-13-14-15-27(40-36(47)52-37(3,4)5)33(44)42-22-25(19-30(42)32(43)41-38(35(46)50-8)21-23(38)10-2)51-31-20-29(34(45)49-7)39-28-18-24(48-6)16-17-26(28)31/h9-10,16-18,20,23,25,27,30H,1-2,11-15,19,21-22H2,3-8H3,(H,40,47)(H,41,43)/t23?,25-,27+,30+,38-/m1/s1. The van der Waals surface area contributed by atoms with Crippen molar-refractivity contribution in [2.45, 2.75) is 95.0 Å². The van der Waals surface area contributed by atoms with Crippen molar-refractivity contribution in [3.8, 4) is 11.5 Å². The highest BCUT2D eigenvalue weighted by Crippen LogP contribution is 2.45. The highest BCUT2D eigenvalue weighted by Gasteiger charge is 2.62. The van der Waals surface area contributed by atoms with Gasteiger partial charge in [-0.25, -0.2) is 19.4 Å². The lowest BCUT2D eigenvalue weighted by molar-refractivity contribution is -0.148. The fraction of sp³-hybridized carbons (Fsp3) is 0.526. The minimum absolute atomic E-state index is 0.0132. The molecule has 2 aromatic rings. The number of likely N-dealkylation sites (tertiary alicyclic amines) is 1. The van der Waals surface area contributed by atoms with E-state index < -0.39 is 59.2 Å². The summed E-state index contributed by atoms with van der Waals surface area (Å²) in [5, 5.41) is 6.12. The monoisotopic (exact) mass is 722 g/mol. The zero-order chi connectivity index (χ0) is 38.2. The number of carbonyl (C=O) groups is 5. The van der Waals surface area contributed by atoms with Crippen LogP contribution in [0.4, 0.5) is 4.79 Å². The number of pyridine rings is 1. The van der Waals surface area contributed by atoms with Crippen LogP contribution in [0.1, 0.15) is 76.2 Å². The number of amides is 3. The van der Waals surface area contributed by atoms with Crippen LogP contribution in [0, 0.1) is 5.92 Å². The summed E-state index contributed by atoms with van der Waals surface area (Å²) in [4.78, 5) is 72.7. The predicted octanol–water partition coefficient (Wildman–Crippen LogP) is 4.64. The van der Waals surface area contributed by atoms with Gasteiger partial charge in [-0.3, -0.25) is 9.59 Å². The fourth-order valence-electron chi connectivity index (χ4n) is 6.37. The van der Waals surface area contributed by atoms with E-state index in [1.807, 2.05) is 6.08 Å². The Kier molecular flexibility index (Phi) is 12.9. The topological polar surface area (TPSA) is 172 Å². The van der Waals surface area contributed by atoms with E-state index in [9.17, 15) is 24.0 Å². The van der Waals surface area contributed by atoms with E-state index in [0.717, 1.165) is 19.3 Å². The molecule has 2 heterocycles. The van der Waals surface area contributed by atoms with Crippen LogP contribution < -0.4 is 20.1 Å². The number of allylic oxidation sites excluding steroid dienone is 1. The first-order chi connectivity index (χ1) is 24.7. The predicted molar refractivity (Wildman–Crippen MR) is 192 cm³/mol. The Labute approximate surface area is 304 Å². The Morgan fingerprint density at radius 3 is 2.42 bits per heavy atom. The van der Waals surface area contributed by atoms with Gasteiger partial charge in [-0.05, 0) is 58.6 Å². The molecule has 2 aliphatic rings. The average Bonchev–Trinajstić information content (AvgIpc) is 3.67. The maximum atomic E-state index is 14.4. The first-order valence-electron chi connectivity index (χ1n) is 17.4. The van der Waals surface area contributed by atoms with Gasteiger partial charge in [-0.1, -0.05) is 25.0 Å². The summed E-state index contributed by atoms with van der Waals surface area (Å²) in [6, 6.07) is 4.42. The normalized spacial score (nSPS) is 21.3. The smallest absolute Gasteiger partial charge is 0.408 e. The van der Waals surface area contributed by atoms with Crippen LogP contribution in [-0.4, -0.2) is 96.9 Å². The number of fused-ring (bicyclic) bond motifs is 1. The molecule has 4 rings (SSSR count). The third-order valence-electron chi connectivity index (χ3n) is 9.10. The molecule has 52 heavy (non-hydrogen) atoms. The van der Waals surface area contributed by atoms with Crippen LogP contribution in [0.5, 0.6) is 11.5 Å². The molecule has 2 N–H and O–H groups in total. The molecular weight excluding hydrogens is 672 g/mol. The van der Waals surface area contributed by atoms with Gasteiger partial charge < -0.3 is 39.2 Å². The molecule has 282 valence electrons. The van der Waals surface area contributed by atoms with Crippen molar-refractivity contribution < 1.29 is 47.7 Å². The van der Waals surface area contributed by atoms with Gasteiger partial charge in [0.25, 0.3) is 0 Å². The Bertz CT molecular complexity index is 1690. The van der Waals surface area contributed by atoms with Crippen molar-refractivity contribution in [2.24, 2.45) is 5.92 Å². The second-order valence-corrected chi connectivity index (χ2v) is 14.0. The Balaban J connectivity index is 1.69. The molecule has 14 nitrogen and oxygen atoms in total. The number of unbranched alkanes of at least 4 members (excludes halogenated alkanes) is 3. The van der Waals surface area contributed by atoms with E-state index in [1.165, 1.54) is 32.3 Å². The van der Waals surface area contributed by atoms with Crippen molar-refractivity contribution in [1.82, 2.24) is 20.5 Å². The molecule has 3 amide bonds. The number of hydrogen-bond donors (Lipinski definition) is 2. The van der Waals surface area contributed by atoms with Crippen molar-refractivity contribution >= 4 is 40.7 Å². The largest absolute Gasteiger partial charge is 0.497 e. The van der Waals surface area contributed by atoms with Crippen LogP contribution in [0.2, 0.25) is 0 Å². The van der Waals surface area contributed by atoms with Crippen LogP contribution in [0.25, 0.3) is 10.9 Å². The molecule has 1 aliphatic carbocycles. The zero-order valence-electron chi connectivity index (χ0n) is 30.8. The quantitative estimate of drug-likeness (QED) is 0.107. The second kappa shape index (κ2) is 16.9. The molecule has 1 aromatic heterocycles. The molecule has 1 aromatic carbocycles. The van der Waals surface area contributed by atoms with Gasteiger partial charge in [-0.2, -0.15) is 0 Å². The summed E-state index contributed by atoms with van der Waals surface area (Å²) >= 11 is 0. The van der Waals surface area contributed by atoms with E-state index in [4.69, 9.17) is 23.7 Å². The minimum atomic E-state index is -1.31. The molecule has 1 unspecified atom stereocenters. The number of rotatable bonds is 16. The third kappa shape index (κ3) is 9.39. The van der Waals surface area contributed by atoms with Crippen LogP contribution in [0.3, 0.4) is 0 Å². The molecule has 0 spiro atoms. The van der Waals surface area contributed by atoms with Crippen LogP contribution in [0.15, 0.2) is 49.6 Å². The lowest BCUT2D eigenvalue weighted by Crippen LogP contribution is -2.56. The number of hydrogen-bond acceptors (Lipinski definition) is 11. The highest BCUT2D eigenvalue weighted by molar-refractivity contribution is 5.97. The molecule has 1 saturated carbocycles. The van der Waals surface area contributed by atoms with E-state index in [2.05, 4.69) is 28.8 Å². The van der Waals surface area contributed by atoms with E-state index in [-0.39, 0.29) is 36.7 Å². The average molecular weight is 723 g/mol. The summed E-state index contributed by atoms with van der Waals surface area (Å²) in [6.07, 6.45) is 5.57. The number of carbonyl (C=O) groups excluding carboxylic acids is 5.